The Morgan fingerprint density at radius 1 is 0.971 bits per heavy atom. The smallest absolute Gasteiger partial charge is 0.335 e. The van der Waals surface area contributed by atoms with Gasteiger partial charge >= 0.3 is 5.97 Å². The number of rotatable bonds is 11. The lowest BCUT2D eigenvalue weighted by Gasteiger charge is -2.31. The van der Waals surface area contributed by atoms with Crippen molar-refractivity contribution in [1.29, 1.82) is 0 Å². The summed E-state index contributed by atoms with van der Waals surface area (Å²) in [5.74, 6) is -6.00. The summed E-state index contributed by atoms with van der Waals surface area (Å²) >= 11 is -0.0482. The second-order valence-electron chi connectivity index (χ2n) is 9.11. The van der Waals surface area contributed by atoms with Crippen LogP contribution in [0, 0.1) is 17.6 Å². The summed E-state index contributed by atoms with van der Waals surface area (Å²) in [5.41, 5.74) is 0.843. The molecule has 0 radical (unpaired) electrons. The molecule has 0 saturated heterocycles. The lowest BCUT2D eigenvalue weighted by molar-refractivity contribution is 0.0694. The largest absolute Gasteiger partial charge is 0.478 e. The van der Waals surface area contributed by atoms with Gasteiger partial charge in [-0.1, -0.05) is 75.4 Å². The lowest BCUT2D eigenvalue weighted by atomic mass is 9.74. The van der Waals surface area contributed by atoms with E-state index in [1.807, 2.05) is 0 Å². The van der Waals surface area contributed by atoms with E-state index in [2.05, 4.69) is 6.92 Å². The molecule has 0 unspecified atom stereocenters. The molecule has 186 valence electrons. The van der Waals surface area contributed by atoms with Crippen LogP contribution in [0.1, 0.15) is 93.0 Å². The van der Waals surface area contributed by atoms with E-state index in [0.717, 1.165) is 31.7 Å². The van der Waals surface area contributed by atoms with Crippen molar-refractivity contribution < 1.29 is 27.5 Å². The molecule has 2 aromatic carbocycles. The molecule has 34 heavy (non-hydrogen) atoms. The number of aromatic carboxylic acids is 1. The van der Waals surface area contributed by atoms with Crippen LogP contribution in [0.5, 0.6) is 0 Å². The molecular formula is C27H32F4O2S. The highest BCUT2D eigenvalue weighted by Gasteiger charge is 2.29. The molecular weight excluding hydrogens is 464 g/mol. The zero-order valence-corrected chi connectivity index (χ0v) is 20.3. The van der Waals surface area contributed by atoms with Crippen molar-refractivity contribution in [2.45, 2.75) is 87.7 Å². The van der Waals surface area contributed by atoms with E-state index in [9.17, 15) is 27.5 Å². The first-order chi connectivity index (χ1) is 16.3. The summed E-state index contributed by atoms with van der Waals surface area (Å²) in [6, 6.07) is 7.02. The Labute approximate surface area is 203 Å². The summed E-state index contributed by atoms with van der Waals surface area (Å²) in [6.45, 7) is 2.20. The molecule has 1 aliphatic carbocycles. The summed E-state index contributed by atoms with van der Waals surface area (Å²) in [6.07, 6.45) is 10.9. The third-order valence-corrected chi connectivity index (χ3v) is 7.61. The molecule has 2 nitrogen and oxygen atoms in total. The number of alkyl halides is 2. The molecule has 1 fully saturated rings. The van der Waals surface area contributed by atoms with Gasteiger partial charge in [0.25, 0.3) is 5.76 Å². The maximum atomic E-state index is 15.0. The molecule has 7 heteroatoms. The fraction of sp³-hybridized carbons (Fsp3) is 0.519. The molecule has 0 amide bonds. The van der Waals surface area contributed by atoms with Crippen molar-refractivity contribution >= 4 is 17.7 Å². The molecule has 0 spiro atoms. The van der Waals surface area contributed by atoms with E-state index in [1.165, 1.54) is 56.7 Å². The molecule has 1 saturated carbocycles. The molecule has 2 aromatic rings. The average Bonchev–Trinajstić information content (AvgIpc) is 2.82. The summed E-state index contributed by atoms with van der Waals surface area (Å²) < 4.78 is 54.9. The van der Waals surface area contributed by atoms with E-state index in [-0.39, 0.29) is 28.8 Å². The zero-order chi connectivity index (χ0) is 24.7. The minimum absolute atomic E-state index is 0.0482. The SMILES string of the molecule is CCCCCCCC1CCC(c2c(C(=O)O)cccc2-c2ccc(SC(F)F)c(F)c2F)CC1. The topological polar surface area (TPSA) is 37.3 Å². The number of carboxylic acid groups (broad SMARTS) is 1. The van der Waals surface area contributed by atoms with Gasteiger partial charge in [0.2, 0.25) is 0 Å². The van der Waals surface area contributed by atoms with Crippen LogP contribution in [-0.4, -0.2) is 16.8 Å². The number of benzene rings is 2. The number of unbranched alkanes of at least 4 members (excludes halogenated alkanes) is 4. The second kappa shape index (κ2) is 12.6. The summed E-state index contributed by atoms with van der Waals surface area (Å²) in [4.78, 5) is 11.5. The van der Waals surface area contributed by atoms with Gasteiger partial charge in [-0.3, -0.25) is 0 Å². The Balaban J connectivity index is 1.84. The Morgan fingerprint density at radius 3 is 2.32 bits per heavy atom. The Hall–Kier alpha value is -2.02. The summed E-state index contributed by atoms with van der Waals surface area (Å²) in [5, 5.41) is 9.82. The van der Waals surface area contributed by atoms with Crippen molar-refractivity contribution in [3.05, 3.63) is 53.1 Å². The van der Waals surface area contributed by atoms with Gasteiger partial charge in [0, 0.05) is 5.56 Å². The first-order valence-electron chi connectivity index (χ1n) is 12.1. The van der Waals surface area contributed by atoms with Gasteiger partial charge < -0.3 is 5.11 Å². The predicted octanol–water partition coefficient (Wildman–Crippen LogP) is 9.28. The molecule has 0 bridgehead atoms. The van der Waals surface area contributed by atoms with Crippen LogP contribution in [0.15, 0.2) is 35.2 Å². The van der Waals surface area contributed by atoms with Crippen molar-refractivity contribution in [3.63, 3.8) is 0 Å². The number of hydrogen-bond donors (Lipinski definition) is 1. The Morgan fingerprint density at radius 2 is 1.68 bits per heavy atom. The van der Waals surface area contributed by atoms with Gasteiger partial charge in [-0.25, -0.2) is 13.6 Å². The number of carboxylic acids is 1. The third kappa shape index (κ3) is 6.55. The van der Waals surface area contributed by atoms with Crippen LogP contribution < -0.4 is 0 Å². The van der Waals surface area contributed by atoms with E-state index < -0.39 is 28.3 Å². The maximum absolute atomic E-state index is 15.0. The van der Waals surface area contributed by atoms with Gasteiger partial charge in [0.15, 0.2) is 11.6 Å². The first kappa shape index (κ1) is 26.6. The number of thioether (sulfide) groups is 1. The van der Waals surface area contributed by atoms with Crippen molar-refractivity contribution in [2.24, 2.45) is 5.92 Å². The predicted molar refractivity (Wildman–Crippen MR) is 129 cm³/mol. The number of carbonyl (C=O) groups is 1. The normalized spacial score (nSPS) is 18.4. The van der Waals surface area contributed by atoms with Crippen LogP contribution in [0.25, 0.3) is 11.1 Å². The van der Waals surface area contributed by atoms with Gasteiger partial charge in [0.05, 0.1) is 10.5 Å². The lowest BCUT2D eigenvalue weighted by Crippen LogP contribution is -2.17. The van der Waals surface area contributed by atoms with Gasteiger partial charge in [-0.2, -0.15) is 8.78 Å². The van der Waals surface area contributed by atoms with E-state index in [0.29, 0.717) is 17.0 Å². The zero-order valence-electron chi connectivity index (χ0n) is 19.5. The summed E-state index contributed by atoms with van der Waals surface area (Å²) in [7, 11) is 0. The molecule has 1 N–H and O–H groups in total. The monoisotopic (exact) mass is 496 g/mol. The van der Waals surface area contributed by atoms with Crippen LogP contribution in [0.2, 0.25) is 0 Å². The highest BCUT2D eigenvalue weighted by atomic mass is 32.2. The molecule has 0 atom stereocenters. The first-order valence-corrected chi connectivity index (χ1v) is 13.0. The molecule has 1 aliphatic rings. The van der Waals surface area contributed by atoms with Crippen molar-refractivity contribution in [3.8, 4) is 11.1 Å². The maximum Gasteiger partial charge on any atom is 0.335 e. The Bertz CT molecular complexity index is 971. The highest BCUT2D eigenvalue weighted by Crippen LogP contribution is 2.44. The van der Waals surface area contributed by atoms with Crippen LogP contribution in [0.4, 0.5) is 17.6 Å². The van der Waals surface area contributed by atoms with Crippen LogP contribution in [-0.2, 0) is 0 Å². The fourth-order valence-corrected chi connectivity index (χ4v) is 5.66. The average molecular weight is 497 g/mol. The fourth-order valence-electron chi connectivity index (χ4n) is 5.13. The third-order valence-electron chi connectivity index (χ3n) is 6.86. The quantitative estimate of drug-likeness (QED) is 0.191. The molecule has 3 rings (SSSR count). The number of hydrogen-bond acceptors (Lipinski definition) is 2. The van der Waals surface area contributed by atoms with Gasteiger partial charge in [-0.05, 0) is 60.8 Å². The van der Waals surface area contributed by atoms with Crippen molar-refractivity contribution in [1.82, 2.24) is 0 Å². The highest BCUT2D eigenvalue weighted by molar-refractivity contribution is 7.99. The van der Waals surface area contributed by atoms with Crippen LogP contribution >= 0.6 is 11.8 Å². The van der Waals surface area contributed by atoms with Crippen molar-refractivity contribution in [2.75, 3.05) is 0 Å². The van der Waals surface area contributed by atoms with Gasteiger partial charge in [-0.15, -0.1) is 0 Å². The standard InChI is InChI=1S/C27H32F4O2S/c1-2-3-4-5-6-8-17-11-13-18(14-12-17)23-19(9-7-10-21(23)26(32)33)20-15-16-22(34-27(30)31)25(29)24(20)28/h7,9-10,15-18,27H,2-6,8,11-14H2,1H3,(H,32,33). The van der Waals surface area contributed by atoms with E-state index in [1.54, 1.807) is 6.07 Å². The van der Waals surface area contributed by atoms with Gasteiger partial charge in [0.1, 0.15) is 0 Å². The minimum Gasteiger partial charge on any atom is -0.478 e. The minimum atomic E-state index is -2.87. The van der Waals surface area contributed by atoms with E-state index >= 15 is 0 Å². The molecule has 0 aromatic heterocycles. The molecule has 0 heterocycles. The number of halogens is 4. The second-order valence-corrected chi connectivity index (χ2v) is 10.1. The van der Waals surface area contributed by atoms with Crippen LogP contribution in [0.3, 0.4) is 0 Å². The molecule has 0 aliphatic heterocycles. The van der Waals surface area contributed by atoms with E-state index in [4.69, 9.17) is 0 Å². The Kier molecular flexibility index (Phi) is 9.86.